The molecule has 24 heavy (non-hydrogen) atoms. The van der Waals surface area contributed by atoms with Crippen molar-refractivity contribution in [3.8, 4) is 5.88 Å². The number of aromatic nitrogens is 2. The van der Waals surface area contributed by atoms with Crippen LogP contribution in [-0.4, -0.2) is 39.2 Å². The largest absolute Gasteiger partial charge is 0.473 e. The standard InChI is InChI=1S/C18H21N3OS2/c1-13-4-2-3-5-16(13)24-21-9-6-14(7-10-21)22-18-17-15(8-11-23-17)19-12-20-18/h2-5,12,14H,6-11H2,1H3. The fourth-order valence-corrected chi connectivity index (χ4v) is 5.11. The molecule has 1 saturated heterocycles. The lowest BCUT2D eigenvalue weighted by atomic mass is 10.1. The fourth-order valence-electron chi connectivity index (χ4n) is 3.05. The molecule has 0 aliphatic carbocycles. The Kier molecular flexibility index (Phi) is 4.96. The highest BCUT2D eigenvalue weighted by Crippen LogP contribution is 2.37. The molecule has 0 amide bonds. The smallest absolute Gasteiger partial charge is 0.231 e. The van der Waals surface area contributed by atoms with E-state index in [-0.39, 0.29) is 6.10 Å². The van der Waals surface area contributed by atoms with Crippen molar-refractivity contribution in [3.63, 3.8) is 0 Å². The Labute approximate surface area is 151 Å². The highest BCUT2D eigenvalue weighted by Gasteiger charge is 2.25. The Morgan fingerprint density at radius 2 is 2.04 bits per heavy atom. The molecule has 3 heterocycles. The van der Waals surface area contributed by atoms with Gasteiger partial charge in [0.1, 0.15) is 12.4 Å². The van der Waals surface area contributed by atoms with Gasteiger partial charge in [0.15, 0.2) is 0 Å². The van der Waals surface area contributed by atoms with Gasteiger partial charge in [-0.2, -0.15) is 0 Å². The van der Waals surface area contributed by atoms with Crippen molar-refractivity contribution < 1.29 is 4.74 Å². The molecular formula is C18H21N3OS2. The van der Waals surface area contributed by atoms with Crippen molar-refractivity contribution in [2.75, 3.05) is 18.8 Å². The number of hydrogen-bond donors (Lipinski definition) is 0. The van der Waals surface area contributed by atoms with E-state index in [1.807, 2.05) is 23.7 Å². The van der Waals surface area contributed by atoms with Gasteiger partial charge in [-0.1, -0.05) is 18.2 Å². The lowest BCUT2D eigenvalue weighted by Crippen LogP contribution is -2.34. The quantitative estimate of drug-likeness (QED) is 0.769. The SMILES string of the molecule is Cc1ccccc1SN1CCC(Oc2ncnc3c2SCC3)CC1. The molecule has 2 aromatic rings. The van der Waals surface area contributed by atoms with Gasteiger partial charge in [0.25, 0.3) is 0 Å². The first-order valence-corrected chi connectivity index (χ1v) is 10.2. The molecule has 0 unspecified atom stereocenters. The Morgan fingerprint density at radius 3 is 2.88 bits per heavy atom. The van der Waals surface area contributed by atoms with Crippen LogP contribution in [0.5, 0.6) is 5.88 Å². The topological polar surface area (TPSA) is 38.2 Å². The molecule has 0 N–H and O–H groups in total. The van der Waals surface area contributed by atoms with E-state index in [9.17, 15) is 0 Å². The minimum absolute atomic E-state index is 0.263. The number of ether oxygens (including phenoxy) is 1. The maximum absolute atomic E-state index is 6.21. The summed E-state index contributed by atoms with van der Waals surface area (Å²) in [5.74, 6) is 1.89. The second-order valence-electron chi connectivity index (χ2n) is 6.16. The molecular weight excluding hydrogens is 338 g/mol. The highest BCUT2D eigenvalue weighted by molar-refractivity contribution is 7.99. The van der Waals surface area contributed by atoms with Gasteiger partial charge >= 0.3 is 0 Å². The lowest BCUT2D eigenvalue weighted by molar-refractivity contribution is 0.129. The Bertz CT molecular complexity index is 717. The average Bonchev–Trinajstić information content (AvgIpc) is 3.08. The van der Waals surface area contributed by atoms with Crippen molar-refractivity contribution in [1.82, 2.24) is 14.3 Å². The predicted octanol–water partition coefficient (Wildman–Crippen LogP) is 3.98. The number of thioether (sulfide) groups is 1. The van der Waals surface area contributed by atoms with Gasteiger partial charge in [0.2, 0.25) is 5.88 Å². The zero-order chi connectivity index (χ0) is 16.4. The predicted molar refractivity (Wildman–Crippen MR) is 98.7 cm³/mol. The van der Waals surface area contributed by atoms with Crippen LogP contribution in [0.1, 0.15) is 24.1 Å². The monoisotopic (exact) mass is 359 g/mol. The van der Waals surface area contributed by atoms with Crippen LogP contribution in [0.15, 0.2) is 40.4 Å². The molecule has 2 aliphatic heterocycles. The highest BCUT2D eigenvalue weighted by atomic mass is 32.2. The molecule has 0 bridgehead atoms. The van der Waals surface area contributed by atoms with Gasteiger partial charge < -0.3 is 4.74 Å². The van der Waals surface area contributed by atoms with Crippen LogP contribution in [0, 0.1) is 6.92 Å². The molecule has 4 rings (SSSR count). The molecule has 1 aromatic carbocycles. The third kappa shape index (κ3) is 3.55. The summed E-state index contributed by atoms with van der Waals surface area (Å²) in [6.07, 6.45) is 5.03. The Hall–Kier alpha value is -1.24. The summed E-state index contributed by atoms with van der Waals surface area (Å²) in [7, 11) is 0. The summed E-state index contributed by atoms with van der Waals surface area (Å²) < 4.78 is 8.66. The fraction of sp³-hybridized carbons (Fsp3) is 0.444. The van der Waals surface area contributed by atoms with E-state index in [0.717, 1.165) is 54.6 Å². The average molecular weight is 360 g/mol. The zero-order valence-corrected chi connectivity index (χ0v) is 15.4. The number of fused-ring (bicyclic) bond motifs is 1. The van der Waals surface area contributed by atoms with E-state index in [1.54, 1.807) is 6.33 Å². The Balaban J connectivity index is 1.34. The number of piperidine rings is 1. The third-order valence-electron chi connectivity index (χ3n) is 4.43. The Morgan fingerprint density at radius 1 is 1.21 bits per heavy atom. The summed E-state index contributed by atoms with van der Waals surface area (Å²) >= 11 is 3.69. The normalized spacial score (nSPS) is 18.5. The van der Waals surface area contributed by atoms with E-state index in [4.69, 9.17) is 4.74 Å². The molecule has 0 saturated carbocycles. The van der Waals surface area contributed by atoms with Crippen LogP contribution in [-0.2, 0) is 6.42 Å². The van der Waals surface area contributed by atoms with Crippen molar-refractivity contribution in [3.05, 3.63) is 41.9 Å². The van der Waals surface area contributed by atoms with Crippen LogP contribution in [0.25, 0.3) is 0 Å². The maximum Gasteiger partial charge on any atom is 0.231 e. The zero-order valence-electron chi connectivity index (χ0n) is 13.8. The van der Waals surface area contributed by atoms with Gasteiger partial charge in [-0.25, -0.2) is 14.3 Å². The van der Waals surface area contributed by atoms with Crippen molar-refractivity contribution >= 4 is 23.7 Å². The molecule has 126 valence electrons. The van der Waals surface area contributed by atoms with Crippen molar-refractivity contribution in [1.29, 1.82) is 0 Å². The number of hydrogen-bond acceptors (Lipinski definition) is 6. The first-order valence-electron chi connectivity index (χ1n) is 8.41. The van der Waals surface area contributed by atoms with Crippen LogP contribution in [0.2, 0.25) is 0 Å². The molecule has 2 aliphatic rings. The van der Waals surface area contributed by atoms with E-state index < -0.39 is 0 Å². The molecule has 1 fully saturated rings. The van der Waals surface area contributed by atoms with E-state index in [0.29, 0.717) is 0 Å². The van der Waals surface area contributed by atoms with Gasteiger partial charge in [0, 0.05) is 30.2 Å². The first kappa shape index (κ1) is 16.2. The van der Waals surface area contributed by atoms with Crippen molar-refractivity contribution in [2.45, 2.75) is 42.1 Å². The van der Waals surface area contributed by atoms with Crippen LogP contribution >= 0.6 is 23.7 Å². The molecule has 6 heteroatoms. The van der Waals surface area contributed by atoms with Gasteiger partial charge in [-0.15, -0.1) is 11.8 Å². The minimum Gasteiger partial charge on any atom is -0.473 e. The second kappa shape index (κ2) is 7.33. The summed E-state index contributed by atoms with van der Waals surface area (Å²) in [6.45, 7) is 4.26. The number of rotatable bonds is 4. The van der Waals surface area contributed by atoms with Crippen LogP contribution in [0.3, 0.4) is 0 Å². The summed E-state index contributed by atoms with van der Waals surface area (Å²) in [4.78, 5) is 11.2. The van der Waals surface area contributed by atoms with Gasteiger partial charge in [-0.3, -0.25) is 0 Å². The van der Waals surface area contributed by atoms with Gasteiger partial charge in [0.05, 0.1) is 10.6 Å². The van der Waals surface area contributed by atoms with E-state index >= 15 is 0 Å². The summed E-state index contributed by atoms with van der Waals surface area (Å²) in [5, 5.41) is 0. The molecule has 0 radical (unpaired) electrons. The number of benzene rings is 1. The van der Waals surface area contributed by atoms with Crippen LogP contribution < -0.4 is 4.74 Å². The van der Waals surface area contributed by atoms with E-state index in [1.165, 1.54) is 10.5 Å². The molecule has 0 spiro atoms. The van der Waals surface area contributed by atoms with E-state index in [2.05, 4.69) is 45.5 Å². The van der Waals surface area contributed by atoms with Crippen molar-refractivity contribution in [2.24, 2.45) is 0 Å². The minimum atomic E-state index is 0.263. The molecule has 1 aromatic heterocycles. The summed E-state index contributed by atoms with van der Waals surface area (Å²) in [6, 6.07) is 8.58. The van der Waals surface area contributed by atoms with Gasteiger partial charge in [-0.05, 0) is 43.3 Å². The number of aryl methyl sites for hydroxylation is 2. The number of nitrogens with zero attached hydrogens (tertiary/aromatic N) is 3. The second-order valence-corrected chi connectivity index (χ2v) is 8.40. The molecule has 4 nitrogen and oxygen atoms in total. The molecule has 0 atom stereocenters. The van der Waals surface area contributed by atoms with Crippen LogP contribution in [0.4, 0.5) is 0 Å². The first-order chi connectivity index (χ1) is 11.8. The third-order valence-corrected chi connectivity index (χ3v) is 6.82. The maximum atomic E-state index is 6.21. The lowest BCUT2D eigenvalue weighted by Gasteiger charge is -2.31. The summed E-state index contributed by atoms with van der Waals surface area (Å²) in [5.41, 5.74) is 2.49.